The molecule has 23 heavy (non-hydrogen) atoms. The summed E-state index contributed by atoms with van der Waals surface area (Å²) in [6.07, 6.45) is 1.12. The normalized spacial score (nSPS) is 17.0. The van der Waals surface area contributed by atoms with Crippen LogP contribution in [0.2, 0.25) is 0 Å². The number of hydrogen-bond donors (Lipinski definition) is 0. The first-order valence-electron chi connectivity index (χ1n) is 7.63. The highest BCUT2D eigenvalue weighted by molar-refractivity contribution is 7.89. The number of hydrogen-bond acceptors (Lipinski definition) is 4. The third kappa shape index (κ3) is 3.67. The maximum absolute atomic E-state index is 12.8. The van der Waals surface area contributed by atoms with E-state index in [4.69, 9.17) is 4.74 Å². The van der Waals surface area contributed by atoms with Gasteiger partial charge < -0.3 is 9.64 Å². The molecule has 0 spiro atoms. The fourth-order valence-electron chi connectivity index (χ4n) is 2.89. The van der Waals surface area contributed by atoms with E-state index in [1.54, 1.807) is 51.2 Å². The van der Waals surface area contributed by atoms with Crippen LogP contribution in [-0.4, -0.2) is 57.8 Å². The summed E-state index contributed by atoms with van der Waals surface area (Å²) in [4.78, 5) is 13.9. The molecule has 0 radical (unpaired) electrons. The van der Waals surface area contributed by atoms with Crippen molar-refractivity contribution < 1.29 is 17.9 Å². The molecule has 1 amide bonds. The van der Waals surface area contributed by atoms with Crippen molar-refractivity contribution in [3.8, 4) is 5.75 Å². The number of benzene rings is 1. The summed E-state index contributed by atoms with van der Waals surface area (Å²) in [5, 5.41) is 0. The highest BCUT2D eigenvalue weighted by Crippen LogP contribution is 2.28. The molecule has 7 heteroatoms. The Kier molecular flexibility index (Phi) is 5.31. The summed E-state index contributed by atoms with van der Waals surface area (Å²) in [5.41, 5.74) is 0.663. The average molecular weight is 340 g/mol. The molecule has 1 aromatic carbocycles. The van der Waals surface area contributed by atoms with Gasteiger partial charge in [0.15, 0.2) is 0 Å². The van der Waals surface area contributed by atoms with Crippen molar-refractivity contribution in [1.82, 2.24) is 9.21 Å². The Hall–Kier alpha value is -1.60. The second kappa shape index (κ2) is 6.88. The zero-order valence-corrected chi connectivity index (χ0v) is 14.9. The number of nitrogens with zero attached hydrogens (tertiary/aromatic N) is 2. The first kappa shape index (κ1) is 17.7. The molecule has 6 nitrogen and oxygen atoms in total. The molecule has 128 valence electrons. The Balaban J connectivity index is 2.15. The van der Waals surface area contributed by atoms with Gasteiger partial charge in [0.2, 0.25) is 15.9 Å². The van der Waals surface area contributed by atoms with Crippen molar-refractivity contribution in [2.75, 3.05) is 34.3 Å². The predicted octanol–water partition coefficient (Wildman–Crippen LogP) is 1.49. The van der Waals surface area contributed by atoms with Crippen LogP contribution >= 0.6 is 0 Å². The number of sulfonamides is 1. The zero-order valence-electron chi connectivity index (χ0n) is 14.1. The maximum atomic E-state index is 12.8. The Labute approximate surface area is 138 Å². The number of carbonyl (C=O) groups is 1. The quantitative estimate of drug-likeness (QED) is 0.833. The van der Waals surface area contributed by atoms with Gasteiger partial charge in [-0.15, -0.1) is 0 Å². The summed E-state index contributed by atoms with van der Waals surface area (Å²) in [7, 11) is 1.47. The van der Waals surface area contributed by atoms with Crippen LogP contribution in [-0.2, 0) is 14.8 Å². The minimum atomic E-state index is -3.53. The summed E-state index contributed by atoms with van der Waals surface area (Å²) in [6.45, 7) is 2.51. The highest BCUT2D eigenvalue weighted by Gasteiger charge is 2.33. The van der Waals surface area contributed by atoms with E-state index in [-0.39, 0.29) is 11.8 Å². The van der Waals surface area contributed by atoms with Gasteiger partial charge in [-0.05, 0) is 43.5 Å². The highest BCUT2D eigenvalue weighted by atomic mass is 32.2. The molecule has 1 saturated heterocycles. The molecular formula is C16H24N2O4S. The molecular weight excluding hydrogens is 316 g/mol. The third-order valence-electron chi connectivity index (χ3n) is 4.24. The van der Waals surface area contributed by atoms with Crippen LogP contribution in [0.3, 0.4) is 0 Å². The minimum Gasteiger partial charge on any atom is -0.497 e. The largest absolute Gasteiger partial charge is 0.497 e. The third-order valence-corrected chi connectivity index (χ3v) is 6.30. The maximum Gasteiger partial charge on any atom is 0.243 e. The second-order valence-corrected chi connectivity index (χ2v) is 7.95. The van der Waals surface area contributed by atoms with Gasteiger partial charge in [0.1, 0.15) is 5.75 Å². The van der Waals surface area contributed by atoms with Crippen LogP contribution in [0.25, 0.3) is 0 Å². The second-order valence-electron chi connectivity index (χ2n) is 6.04. The Bertz CT molecular complexity index is 677. The van der Waals surface area contributed by atoms with Gasteiger partial charge in [-0.25, -0.2) is 8.42 Å². The van der Waals surface area contributed by atoms with E-state index in [0.717, 1.165) is 0 Å². The number of piperidine rings is 1. The van der Waals surface area contributed by atoms with Gasteiger partial charge in [-0.2, -0.15) is 4.31 Å². The van der Waals surface area contributed by atoms with Crippen molar-refractivity contribution in [2.45, 2.75) is 24.7 Å². The number of methoxy groups -OCH3 is 1. The van der Waals surface area contributed by atoms with Crippen LogP contribution in [0.5, 0.6) is 5.75 Å². The molecule has 2 rings (SSSR count). The lowest BCUT2D eigenvalue weighted by Crippen LogP contribution is -2.42. The molecule has 0 aliphatic carbocycles. The first-order chi connectivity index (χ1) is 10.8. The van der Waals surface area contributed by atoms with E-state index < -0.39 is 10.0 Å². The van der Waals surface area contributed by atoms with Crippen LogP contribution in [0.15, 0.2) is 23.1 Å². The fraction of sp³-hybridized carbons (Fsp3) is 0.562. The van der Waals surface area contributed by atoms with Crippen LogP contribution in [0.1, 0.15) is 18.4 Å². The summed E-state index contributed by atoms with van der Waals surface area (Å²) < 4.78 is 32.2. The molecule has 0 aromatic heterocycles. The smallest absolute Gasteiger partial charge is 0.243 e. The Morgan fingerprint density at radius 3 is 2.35 bits per heavy atom. The number of aryl methyl sites for hydroxylation is 1. The van der Waals surface area contributed by atoms with E-state index in [2.05, 4.69) is 0 Å². The van der Waals surface area contributed by atoms with Gasteiger partial charge >= 0.3 is 0 Å². The van der Waals surface area contributed by atoms with Crippen LogP contribution in [0.4, 0.5) is 0 Å². The molecule has 0 atom stereocenters. The molecule has 0 saturated carbocycles. The SMILES string of the molecule is COc1ccc(S(=O)(=O)N2CCC(C(=O)N(C)C)CC2)c(C)c1. The summed E-state index contributed by atoms with van der Waals surface area (Å²) in [5.74, 6) is 0.618. The van der Waals surface area contributed by atoms with Crippen molar-refractivity contribution in [3.05, 3.63) is 23.8 Å². The van der Waals surface area contributed by atoms with Gasteiger partial charge in [0, 0.05) is 33.1 Å². The van der Waals surface area contributed by atoms with Crippen molar-refractivity contribution >= 4 is 15.9 Å². The number of carbonyl (C=O) groups excluding carboxylic acids is 1. The lowest BCUT2D eigenvalue weighted by molar-refractivity contribution is -0.134. The molecule has 1 aliphatic heterocycles. The van der Waals surface area contributed by atoms with Crippen molar-refractivity contribution in [2.24, 2.45) is 5.92 Å². The topological polar surface area (TPSA) is 66.9 Å². The van der Waals surface area contributed by atoms with Gasteiger partial charge in [0.05, 0.1) is 12.0 Å². The molecule has 0 bridgehead atoms. The molecule has 0 unspecified atom stereocenters. The summed E-state index contributed by atoms with van der Waals surface area (Å²) >= 11 is 0. The van der Waals surface area contributed by atoms with Gasteiger partial charge in [-0.1, -0.05) is 0 Å². The predicted molar refractivity (Wildman–Crippen MR) is 87.9 cm³/mol. The molecule has 1 heterocycles. The van der Waals surface area contributed by atoms with E-state index in [1.807, 2.05) is 0 Å². The lowest BCUT2D eigenvalue weighted by Gasteiger charge is -2.32. The minimum absolute atomic E-state index is 0.0719. The van der Waals surface area contributed by atoms with Gasteiger partial charge in [-0.3, -0.25) is 4.79 Å². The summed E-state index contributed by atoms with van der Waals surface area (Å²) in [6, 6.07) is 4.96. The van der Waals surface area contributed by atoms with Crippen molar-refractivity contribution in [3.63, 3.8) is 0 Å². The molecule has 1 aromatic rings. The standard InChI is InChI=1S/C16H24N2O4S/c1-12-11-14(22-4)5-6-15(12)23(20,21)18-9-7-13(8-10-18)16(19)17(2)3/h5-6,11,13H,7-10H2,1-4H3. The van der Waals surface area contributed by atoms with Crippen LogP contribution < -0.4 is 4.74 Å². The van der Waals surface area contributed by atoms with E-state index in [0.29, 0.717) is 42.1 Å². The number of amides is 1. The van der Waals surface area contributed by atoms with E-state index >= 15 is 0 Å². The molecule has 0 N–H and O–H groups in total. The van der Waals surface area contributed by atoms with Gasteiger partial charge in [0.25, 0.3) is 0 Å². The lowest BCUT2D eigenvalue weighted by atomic mass is 9.97. The fourth-order valence-corrected chi connectivity index (χ4v) is 4.56. The van der Waals surface area contributed by atoms with E-state index in [9.17, 15) is 13.2 Å². The average Bonchev–Trinajstić information content (AvgIpc) is 2.53. The monoisotopic (exact) mass is 340 g/mol. The van der Waals surface area contributed by atoms with Crippen LogP contribution in [0, 0.1) is 12.8 Å². The Morgan fingerprint density at radius 1 is 1.26 bits per heavy atom. The number of ether oxygens (including phenoxy) is 1. The first-order valence-corrected chi connectivity index (χ1v) is 9.07. The van der Waals surface area contributed by atoms with Crippen molar-refractivity contribution in [1.29, 1.82) is 0 Å². The molecule has 1 aliphatic rings. The zero-order chi connectivity index (χ0) is 17.2. The number of rotatable bonds is 4. The van der Waals surface area contributed by atoms with E-state index in [1.165, 1.54) is 4.31 Å². The Morgan fingerprint density at radius 2 is 1.87 bits per heavy atom. The molecule has 1 fully saturated rings.